The first-order chi connectivity index (χ1) is 11.0. The van der Waals surface area contributed by atoms with Crippen LogP contribution >= 0.6 is 0 Å². The quantitative estimate of drug-likeness (QED) is 0.628. The van der Waals surface area contributed by atoms with Crippen LogP contribution in [-0.2, 0) is 13.1 Å². The summed E-state index contributed by atoms with van der Waals surface area (Å²) in [6.45, 7) is 11.7. The molecule has 23 heavy (non-hydrogen) atoms. The number of aliphatic imine (C=N–C) groups is 1. The van der Waals surface area contributed by atoms with Gasteiger partial charge in [0.15, 0.2) is 11.7 Å². The monoisotopic (exact) mass is 319 g/mol. The molecule has 0 saturated heterocycles. The molecule has 2 rings (SSSR count). The lowest BCUT2D eigenvalue weighted by molar-refractivity contribution is 0.376. The predicted molar refractivity (Wildman–Crippen MR) is 88.2 cm³/mol. The van der Waals surface area contributed by atoms with E-state index in [0.29, 0.717) is 30.9 Å². The highest BCUT2D eigenvalue weighted by atomic mass is 16.5. The zero-order chi connectivity index (χ0) is 16.8. The summed E-state index contributed by atoms with van der Waals surface area (Å²) in [5.74, 6) is 3.26. The third-order valence-electron chi connectivity index (χ3n) is 3.39. The number of guanidine groups is 1. The molecule has 0 aliphatic rings. The first-order valence-corrected chi connectivity index (χ1v) is 7.90. The van der Waals surface area contributed by atoms with Crippen LogP contribution in [0.2, 0.25) is 0 Å². The number of aromatic nitrogens is 2. The molecule has 7 nitrogen and oxygen atoms in total. The second-order valence-corrected chi connectivity index (χ2v) is 5.67. The third kappa shape index (κ3) is 4.84. The summed E-state index contributed by atoms with van der Waals surface area (Å²) in [5.41, 5.74) is 1.85. The zero-order valence-corrected chi connectivity index (χ0v) is 14.4. The Kier molecular flexibility index (Phi) is 5.78. The average molecular weight is 319 g/mol. The summed E-state index contributed by atoms with van der Waals surface area (Å²) < 4.78 is 10.8. The fraction of sp³-hybridized carbons (Fsp3) is 0.562. The van der Waals surface area contributed by atoms with Gasteiger partial charge in [0.05, 0.1) is 17.9 Å². The van der Waals surface area contributed by atoms with E-state index in [1.165, 1.54) is 0 Å². The summed E-state index contributed by atoms with van der Waals surface area (Å²) >= 11 is 0. The van der Waals surface area contributed by atoms with Crippen molar-refractivity contribution in [1.82, 2.24) is 20.8 Å². The van der Waals surface area contributed by atoms with Crippen LogP contribution in [0.25, 0.3) is 0 Å². The predicted octanol–water partition coefficient (Wildman–Crippen LogP) is 2.66. The molecule has 0 bridgehead atoms. The summed E-state index contributed by atoms with van der Waals surface area (Å²) in [5, 5.41) is 10.4. The second-order valence-electron chi connectivity index (χ2n) is 5.67. The summed E-state index contributed by atoms with van der Waals surface area (Å²) in [4.78, 5) is 8.83. The van der Waals surface area contributed by atoms with E-state index < -0.39 is 0 Å². The molecule has 126 valence electrons. The molecule has 2 heterocycles. The van der Waals surface area contributed by atoms with E-state index in [9.17, 15) is 0 Å². The van der Waals surface area contributed by atoms with E-state index in [2.05, 4.69) is 39.6 Å². The normalized spacial score (nSPS) is 12.0. The Balaban J connectivity index is 1.96. The van der Waals surface area contributed by atoms with Crippen molar-refractivity contribution >= 4 is 5.96 Å². The smallest absolute Gasteiger partial charge is 0.214 e. The highest BCUT2D eigenvalue weighted by Crippen LogP contribution is 2.14. The third-order valence-corrected chi connectivity index (χ3v) is 3.39. The van der Waals surface area contributed by atoms with E-state index in [-0.39, 0.29) is 0 Å². The lowest BCUT2D eigenvalue weighted by Gasteiger charge is -2.08. The van der Waals surface area contributed by atoms with Gasteiger partial charge in [-0.15, -0.1) is 0 Å². The minimum Gasteiger partial charge on any atom is -0.444 e. The van der Waals surface area contributed by atoms with Crippen LogP contribution in [-0.4, -0.2) is 22.6 Å². The van der Waals surface area contributed by atoms with Crippen molar-refractivity contribution in [2.45, 2.75) is 53.6 Å². The lowest BCUT2D eigenvalue weighted by Crippen LogP contribution is -2.36. The molecule has 0 amide bonds. The number of hydrogen-bond donors (Lipinski definition) is 2. The van der Waals surface area contributed by atoms with Gasteiger partial charge in [-0.2, -0.15) is 0 Å². The maximum atomic E-state index is 5.55. The van der Waals surface area contributed by atoms with Crippen molar-refractivity contribution < 1.29 is 8.94 Å². The van der Waals surface area contributed by atoms with E-state index in [0.717, 1.165) is 29.5 Å². The van der Waals surface area contributed by atoms with Crippen molar-refractivity contribution in [3.8, 4) is 0 Å². The van der Waals surface area contributed by atoms with Gasteiger partial charge in [0.1, 0.15) is 12.3 Å². The van der Waals surface area contributed by atoms with Crippen molar-refractivity contribution in [2.75, 3.05) is 6.54 Å². The molecule has 0 aliphatic heterocycles. The van der Waals surface area contributed by atoms with Gasteiger partial charge in [0.2, 0.25) is 5.89 Å². The van der Waals surface area contributed by atoms with E-state index in [1.807, 2.05) is 26.8 Å². The fourth-order valence-electron chi connectivity index (χ4n) is 1.95. The Morgan fingerprint density at radius 2 is 2.09 bits per heavy atom. The van der Waals surface area contributed by atoms with Crippen LogP contribution in [0.5, 0.6) is 0 Å². The molecular formula is C16H25N5O2. The van der Waals surface area contributed by atoms with Gasteiger partial charge in [-0.3, -0.25) is 0 Å². The molecule has 0 aromatic carbocycles. The molecule has 2 aromatic heterocycles. The number of aryl methyl sites for hydroxylation is 2. The Morgan fingerprint density at radius 3 is 2.65 bits per heavy atom. The molecule has 0 aliphatic carbocycles. The Hall–Kier alpha value is -2.31. The molecular weight excluding hydrogens is 294 g/mol. The van der Waals surface area contributed by atoms with Crippen LogP contribution in [0.1, 0.15) is 55.5 Å². The van der Waals surface area contributed by atoms with Crippen LogP contribution in [0.3, 0.4) is 0 Å². The zero-order valence-electron chi connectivity index (χ0n) is 14.4. The number of oxazole rings is 1. The van der Waals surface area contributed by atoms with Crippen LogP contribution in [0, 0.1) is 13.8 Å². The average Bonchev–Trinajstić information content (AvgIpc) is 3.10. The fourth-order valence-corrected chi connectivity index (χ4v) is 1.95. The summed E-state index contributed by atoms with van der Waals surface area (Å²) in [6, 6.07) is 1.94. The van der Waals surface area contributed by atoms with Crippen molar-refractivity contribution in [1.29, 1.82) is 0 Å². The van der Waals surface area contributed by atoms with E-state index in [4.69, 9.17) is 8.94 Å². The highest BCUT2D eigenvalue weighted by Gasteiger charge is 2.09. The Bertz CT molecular complexity index is 638. The maximum Gasteiger partial charge on any atom is 0.214 e. The molecule has 2 aromatic rings. The van der Waals surface area contributed by atoms with E-state index >= 15 is 0 Å². The van der Waals surface area contributed by atoms with Crippen molar-refractivity contribution in [2.24, 2.45) is 4.99 Å². The van der Waals surface area contributed by atoms with Gasteiger partial charge >= 0.3 is 0 Å². The number of nitrogens with one attached hydrogen (secondary N) is 2. The Morgan fingerprint density at radius 1 is 1.30 bits per heavy atom. The molecule has 0 atom stereocenters. The lowest BCUT2D eigenvalue weighted by atomic mass is 10.1. The minimum atomic E-state index is 0.347. The topological polar surface area (TPSA) is 88.5 Å². The van der Waals surface area contributed by atoms with Gasteiger partial charge in [-0.25, -0.2) is 9.98 Å². The number of nitrogens with zero attached hydrogens (tertiary/aromatic N) is 3. The summed E-state index contributed by atoms with van der Waals surface area (Å²) in [7, 11) is 0. The molecule has 0 spiro atoms. The number of rotatable bonds is 6. The standard InChI is InChI=1S/C16H25N5O2/c1-6-17-16(19-9-15-20-11(4)12(5)22-15)18-8-13-7-14(10(2)3)21-23-13/h7,10H,6,8-9H2,1-5H3,(H2,17,18,19). The van der Waals surface area contributed by atoms with Gasteiger partial charge < -0.3 is 19.6 Å². The van der Waals surface area contributed by atoms with Crippen molar-refractivity contribution in [3.63, 3.8) is 0 Å². The van der Waals surface area contributed by atoms with Crippen LogP contribution in [0.15, 0.2) is 20.0 Å². The maximum absolute atomic E-state index is 5.55. The summed E-state index contributed by atoms with van der Waals surface area (Å²) in [6.07, 6.45) is 0. The van der Waals surface area contributed by atoms with Gasteiger partial charge in [0.25, 0.3) is 0 Å². The molecule has 7 heteroatoms. The molecule has 0 saturated carbocycles. The minimum absolute atomic E-state index is 0.347. The molecule has 0 fully saturated rings. The SMILES string of the molecule is CCNC(=NCc1cc(C(C)C)no1)NCc1nc(C)c(C)o1. The highest BCUT2D eigenvalue weighted by molar-refractivity contribution is 5.79. The Labute approximate surface area is 136 Å². The first kappa shape index (κ1) is 17.1. The van der Waals surface area contributed by atoms with Gasteiger partial charge in [-0.1, -0.05) is 19.0 Å². The second kappa shape index (κ2) is 7.80. The molecule has 0 radical (unpaired) electrons. The van der Waals surface area contributed by atoms with Crippen LogP contribution in [0.4, 0.5) is 0 Å². The molecule has 0 unspecified atom stereocenters. The molecule has 2 N–H and O–H groups in total. The number of hydrogen-bond acceptors (Lipinski definition) is 5. The van der Waals surface area contributed by atoms with Gasteiger partial charge in [-0.05, 0) is 26.7 Å². The van der Waals surface area contributed by atoms with Crippen LogP contribution < -0.4 is 10.6 Å². The largest absolute Gasteiger partial charge is 0.444 e. The van der Waals surface area contributed by atoms with Crippen molar-refractivity contribution in [3.05, 3.63) is 34.9 Å². The van der Waals surface area contributed by atoms with E-state index in [1.54, 1.807) is 0 Å². The van der Waals surface area contributed by atoms with Gasteiger partial charge in [0, 0.05) is 12.6 Å². The first-order valence-electron chi connectivity index (χ1n) is 7.90.